The third kappa shape index (κ3) is 5.36. The van der Waals surface area contributed by atoms with Gasteiger partial charge >= 0.3 is 6.03 Å². The minimum atomic E-state index is -0.229. The molecular formula is C23H30N4O. The highest BCUT2D eigenvalue weighted by molar-refractivity contribution is 6.01. The maximum absolute atomic E-state index is 12.3. The lowest BCUT2D eigenvalue weighted by atomic mass is 10.1. The van der Waals surface area contributed by atoms with Crippen molar-refractivity contribution in [2.24, 2.45) is 0 Å². The van der Waals surface area contributed by atoms with Gasteiger partial charge in [-0.3, -0.25) is 0 Å². The van der Waals surface area contributed by atoms with E-state index in [9.17, 15) is 4.79 Å². The quantitative estimate of drug-likeness (QED) is 0.567. The molecule has 28 heavy (non-hydrogen) atoms. The summed E-state index contributed by atoms with van der Waals surface area (Å²) in [5, 5.41) is 6.94. The molecule has 0 aliphatic carbocycles. The van der Waals surface area contributed by atoms with E-state index >= 15 is 0 Å². The van der Waals surface area contributed by atoms with Gasteiger partial charge in [-0.1, -0.05) is 25.5 Å². The Kier molecular flexibility index (Phi) is 6.71. The van der Waals surface area contributed by atoms with Gasteiger partial charge in [-0.05, 0) is 68.9 Å². The third-order valence-corrected chi connectivity index (χ3v) is 4.85. The summed E-state index contributed by atoms with van der Waals surface area (Å²) in [6, 6.07) is 15.9. The third-order valence-electron chi connectivity index (χ3n) is 4.85. The highest BCUT2D eigenvalue weighted by atomic mass is 16.2. The van der Waals surface area contributed by atoms with Gasteiger partial charge in [-0.25, -0.2) is 4.79 Å². The minimum absolute atomic E-state index is 0.229. The lowest BCUT2D eigenvalue weighted by molar-refractivity contribution is 0.262. The second-order valence-electron chi connectivity index (χ2n) is 7.47. The van der Waals surface area contributed by atoms with E-state index in [1.54, 1.807) is 0 Å². The molecule has 3 aromatic rings. The van der Waals surface area contributed by atoms with Gasteiger partial charge in [0.2, 0.25) is 0 Å². The summed E-state index contributed by atoms with van der Waals surface area (Å²) in [4.78, 5) is 14.5. The molecular weight excluding hydrogens is 348 g/mol. The van der Waals surface area contributed by atoms with Crippen molar-refractivity contribution in [1.82, 2.24) is 9.47 Å². The van der Waals surface area contributed by atoms with Crippen LogP contribution in [0.15, 0.2) is 54.7 Å². The fourth-order valence-corrected chi connectivity index (χ4v) is 3.21. The molecule has 2 N–H and O–H groups in total. The van der Waals surface area contributed by atoms with Crippen LogP contribution in [0, 0.1) is 0 Å². The molecule has 0 fully saturated rings. The SMILES string of the molecule is CCCCc1ccc(NC(=O)Nc2ccc3c(ccn3CCN(C)C)c2)cc1. The van der Waals surface area contributed by atoms with Crippen molar-refractivity contribution in [2.45, 2.75) is 32.7 Å². The smallest absolute Gasteiger partial charge is 0.323 e. The van der Waals surface area contributed by atoms with Crippen LogP contribution in [-0.2, 0) is 13.0 Å². The van der Waals surface area contributed by atoms with Crippen LogP contribution in [-0.4, -0.2) is 36.1 Å². The zero-order chi connectivity index (χ0) is 19.9. The van der Waals surface area contributed by atoms with Gasteiger partial charge in [0.05, 0.1) is 0 Å². The Hall–Kier alpha value is -2.79. The van der Waals surface area contributed by atoms with Crippen LogP contribution < -0.4 is 10.6 Å². The molecule has 2 amide bonds. The first-order valence-corrected chi connectivity index (χ1v) is 9.95. The average molecular weight is 379 g/mol. The number of carbonyl (C=O) groups excluding carboxylic acids is 1. The molecule has 0 saturated heterocycles. The lowest BCUT2D eigenvalue weighted by Gasteiger charge is -2.12. The lowest BCUT2D eigenvalue weighted by Crippen LogP contribution is -2.19. The largest absolute Gasteiger partial charge is 0.346 e. The Bertz CT molecular complexity index is 912. The number of urea groups is 1. The molecule has 5 heteroatoms. The van der Waals surface area contributed by atoms with Gasteiger partial charge in [-0.15, -0.1) is 0 Å². The number of rotatable bonds is 8. The first-order valence-electron chi connectivity index (χ1n) is 9.95. The van der Waals surface area contributed by atoms with Crippen LogP contribution in [0.25, 0.3) is 10.9 Å². The monoisotopic (exact) mass is 378 g/mol. The fourth-order valence-electron chi connectivity index (χ4n) is 3.21. The first-order chi connectivity index (χ1) is 13.5. The van der Waals surface area contributed by atoms with Gasteiger partial charge in [-0.2, -0.15) is 0 Å². The Morgan fingerprint density at radius 3 is 2.43 bits per heavy atom. The van der Waals surface area contributed by atoms with Gasteiger partial charge in [0, 0.05) is 41.6 Å². The van der Waals surface area contributed by atoms with Crippen molar-refractivity contribution in [3.8, 4) is 0 Å². The first kappa shape index (κ1) is 20.0. The van der Waals surface area contributed by atoms with E-state index < -0.39 is 0 Å². The molecule has 0 aliphatic heterocycles. The molecule has 148 valence electrons. The van der Waals surface area contributed by atoms with Gasteiger partial charge in [0.1, 0.15) is 0 Å². The molecule has 0 radical (unpaired) electrons. The van der Waals surface area contributed by atoms with Crippen LogP contribution in [0.1, 0.15) is 25.3 Å². The highest BCUT2D eigenvalue weighted by Crippen LogP contribution is 2.21. The molecule has 0 bridgehead atoms. The Balaban J connectivity index is 1.60. The molecule has 2 aromatic carbocycles. The second kappa shape index (κ2) is 9.42. The molecule has 5 nitrogen and oxygen atoms in total. The van der Waals surface area contributed by atoms with Crippen LogP contribution >= 0.6 is 0 Å². The minimum Gasteiger partial charge on any atom is -0.346 e. The maximum Gasteiger partial charge on any atom is 0.323 e. The number of benzene rings is 2. The van der Waals surface area contributed by atoms with Crippen LogP contribution in [0.2, 0.25) is 0 Å². The van der Waals surface area contributed by atoms with Gasteiger partial charge in [0.25, 0.3) is 0 Å². The standard InChI is InChI=1S/C23H30N4O/c1-4-5-6-18-7-9-20(10-8-18)24-23(28)25-21-11-12-22-19(17-21)13-14-27(22)16-15-26(2)3/h7-14,17H,4-6,15-16H2,1-3H3,(H2,24,25,28). The summed E-state index contributed by atoms with van der Waals surface area (Å²) in [6.07, 6.45) is 5.55. The second-order valence-corrected chi connectivity index (χ2v) is 7.47. The number of anilines is 2. The van der Waals surface area contributed by atoms with Crippen LogP contribution in [0.3, 0.4) is 0 Å². The summed E-state index contributed by atoms with van der Waals surface area (Å²) in [6.45, 7) is 4.12. The fraction of sp³-hybridized carbons (Fsp3) is 0.348. The van der Waals surface area contributed by atoms with Crippen molar-refractivity contribution in [3.05, 3.63) is 60.3 Å². The number of likely N-dealkylation sites (N-methyl/N-ethyl adjacent to an activating group) is 1. The number of hydrogen-bond donors (Lipinski definition) is 2. The van der Waals surface area contributed by atoms with E-state index in [4.69, 9.17) is 0 Å². The summed E-state index contributed by atoms with van der Waals surface area (Å²) in [7, 11) is 4.15. The number of carbonyl (C=O) groups is 1. The maximum atomic E-state index is 12.3. The zero-order valence-corrected chi connectivity index (χ0v) is 17.0. The number of aromatic nitrogens is 1. The predicted octanol–water partition coefficient (Wildman–Crippen LogP) is 5.19. The number of nitrogens with one attached hydrogen (secondary N) is 2. The summed E-state index contributed by atoms with van der Waals surface area (Å²) in [5.41, 5.74) is 4.07. The molecule has 0 saturated carbocycles. The number of hydrogen-bond acceptors (Lipinski definition) is 2. The topological polar surface area (TPSA) is 49.3 Å². The number of nitrogens with zero attached hydrogens (tertiary/aromatic N) is 2. The van der Waals surface area contributed by atoms with Crippen molar-refractivity contribution in [2.75, 3.05) is 31.3 Å². The van der Waals surface area contributed by atoms with E-state index in [1.165, 1.54) is 23.9 Å². The molecule has 3 rings (SSSR count). The van der Waals surface area contributed by atoms with Crippen molar-refractivity contribution in [1.29, 1.82) is 0 Å². The molecule has 0 unspecified atom stereocenters. The van der Waals surface area contributed by atoms with E-state index in [0.29, 0.717) is 0 Å². The Labute approximate surface area is 167 Å². The Morgan fingerprint density at radius 1 is 1.00 bits per heavy atom. The average Bonchev–Trinajstić information content (AvgIpc) is 3.08. The number of fused-ring (bicyclic) bond motifs is 1. The van der Waals surface area contributed by atoms with Gasteiger partial charge < -0.3 is 20.1 Å². The molecule has 0 aliphatic rings. The normalized spacial score (nSPS) is 11.1. The van der Waals surface area contributed by atoms with E-state index in [-0.39, 0.29) is 6.03 Å². The molecule has 1 heterocycles. The summed E-state index contributed by atoms with van der Waals surface area (Å²) < 4.78 is 2.24. The van der Waals surface area contributed by atoms with E-state index in [2.05, 4.69) is 71.6 Å². The predicted molar refractivity (Wildman–Crippen MR) is 118 cm³/mol. The molecule has 1 aromatic heterocycles. The van der Waals surface area contributed by atoms with Crippen LogP contribution in [0.5, 0.6) is 0 Å². The number of amides is 2. The summed E-state index contributed by atoms with van der Waals surface area (Å²) >= 11 is 0. The van der Waals surface area contributed by atoms with Gasteiger partial charge in [0.15, 0.2) is 0 Å². The number of aryl methyl sites for hydroxylation is 1. The number of unbranched alkanes of at least 4 members (excludes halogenated alkanes) is 1. The van der Waals surface area contributed by atoms with Crippen LogP contribution in [0.4, 0.5) is 16.2 Å². The van der Waals surface area contributed by atoms with Crippen molar-refractivity contribution in [3.63, 3.8) is 0 Å². The zero-order valence-electron chi connectivity index (χ0n) is 17.0. The van der Waals surface area contributed by atoms with E-state index in [1.807, 2.05) is 24.3 Å². The molecule has 0 spiro atoms. The molecule has 0 atom stereocenters. The van der Waals surface area contributed by atoms with E-state index in [0.717, 1.165) is 36.3 Å². The summed E-state index contributed by atoms with van der Waals surface area (Å²) in [5.74, 6) is 0. The van der Waals surface area contributed by atoms with Crippen molar-refractivity contribution >= 4 is 28.3 Å². The van der Waals surface area contributed by atoms with Crippen molar-refractivity contribution < 1.29 is 4.79 Å². The highest BCUT2D eigenvalue weighted by Gasteiger charge is 2.06. The Morgan fingerprint density at radius 2 is 1.71 bits per heavy atom.